The maximum Gasteiger partial charge on any atom is 0.247 e. The van der Waals surface area contributed by atoms with Crippen LogP contribution in [-0.2, 0) is 4.79 Å². The molecule has 0 unspecified atom stereocenters. The van der Waals surface area contributed by atoms with Gasteiger partial charge in [0, 0.05) is 5.69 Å². The van der Waals surface area contributed by atoms with Crippen molar-refractivity contribution in [2.24, 2.45) is 5.73 Å². The Morgan fingerprint density at radius 1 is 1.05 bits per heavy atom. The standard InChI is InChI=1S/C16H14Cl2N2O/c1-9-2-4-10(5-3-9)15-14(19)16(21)20(15)11-6-7-12(17)13(18)8-11/h2-8,14-15H,19H2,1H3/t14-,15-/m0/s1. The quantitative estimate of drug-likeness (QED) is 0.857. The summed E-state index contributed by atoms with van der Waals surface area (Å²) in [7, 11) is 0. The normalized spacial score (nSPS) is 21.3. The monoisotopic (exact) mass is 320 g/mol. The zero-order valence-electron chi connectivity index (χ0n) is 11.4. The van der Waals surface area contributed by atoms with Crippen molar-refractivity contribution in [2.75, 3.05) is 4.90 Å². The number of aryl methyl sites for hydroxylation is 1. The summed E-state index contributed by atoms with van der Waals surface area (Å²) in [4.78, 5) is 13.8. The van der Waals surface area contributed by atoms with Crippen LogP contribution in [0.25, 0.3) is 0 Å². The first-order valence-electron chi connectivity index (χ1n) is 6.59. The van der Waals surface area contributed by atoms with E-state index in [4.69, 9.17) is 28.9 Å². The lowest BCUT2D eigenvalue weighted by molar-refractivity contribution is -0.126. The molecule has 3 rings (SSSR count). The van der Waals surface area contributed by atoms with Gasteiger partial charge in [-0.2, -0.15) is 0 Å². The second-order valence-electron chi connectivity index (χ2n) is 5.19. The molecule has 0 bridgehead atoms. The Balaban J connectivity index is 1.98. The van der Waals surface area contributed by atoms with Gasteiger partial charge in [0.2, 0.25) is 5.91 Å². The maximum atomic E-state index is 12.1. The number of halogens is 2. The predicted octanol–water partition coefficient (Wildman–Crippen LogP) is 3.72. The van der Waals surface area contributed by atoms with E-state index in [-0.39, 0.29) is 11.9 Å². The molecule has 1 aliphatic heterocycles. The molecule has 5 heteroatoms. The van der Waals surface area contributed by atoms with Gasteiger partial charge in [0.1, 0.15) is 6.04 Å². The predicted molar refractivity (Wildman–Crippen MR) is 85.8 cm³/mol. The summed E-state index contributed by atoms with van der Waals surface area (Å²) in [5.74, 6) is -0.112. The second-order valence-corrected chi connectivity index (χ2v) is 6.00. The van der Waals surface area contributed by atoms with Crippen LogP contribution in [0.4, 0.5) is 5.69 Å². The van der Waals surface area contributed by atoms with Crippen LogP contribution in [-0.4, -0.2) is 11.9 Å². The van der Waals surface area contributed by atoms with Crippen LogP contribution in [0.1, 0.15) is 17.2 Å². The van der Waals surface area contributed by atoms with Crippen molar-refractivity contribution in [3.63, 3.8) is 0 Å². The number of rotatable bonds is 2. The fourth-order valence-electron chi connectivity index (χ4n) is 2.55. The molecular weight excluding hydrogens is 307 g/mol. The van der Waals surface area contributed by atoms with Crippen LogP contribution in [0.5, 0.6) is 0 Å². The Bertz CT molecular complexity index is 700. The van der Waals surface area contributed by atoms with E-state index in [0.29, 0.717) is 15.7 Å². The van der Waals surface area contributed by atoms with Crippen molar-refractivity contribution < 1.29 is 4.79 Å². The van der Waals surface area contributed by atoms with E-state index in [1.807, 2.05) is 31.2 Å². The molecule has 1 saturated heterocycles. The molecule has 108 valence electrons. The van der Waals surface area contributed by atoms with E-state index in [1.165, 1.54) is 5.56 Å². The number of carbonyl (C=O) groups excluding carboxylic acids is 1. The molecule has 0 saturated carbocycles. The van der Waals surface area contributed by atoms with E-state index in [9.17, 15) is 4.79 Å². The molecule has 2 atom stereocenters. The van der Waals surface area contributed by atoms with Gasteiger partial charge in [-0.15, -0.1) is 0 Å². The lowest BCUT2D eigenvalue weighted by Crippen LogP contribution is -2.63. The van der Waals surface area contributed by atoms with Crippen LogP contribution in [0.15, 0.2) is 42.5 Å². The topological polar surface area (TPSA) is 46.3 Å². The first-order valence-corrected chi connectivity index (χ1v) is 7.35. The second kappa shape index (κ2) is 5.34. The summed E-state index contributed by atoms with van der Waals surface area (Å²) in [6, 6.07) is 12.5. The third-order valence-electron chi connectivity index (χ3n) is 3.74. The fraction of sp³-hybridized carbons (Fsp3) is 0.188. The summed E-state index contributed by atoms with van der Waals surface area (Å²) in [5, 5.41) is 0.884. The van der Waals surface area contributed by atoms with Gasteiger partial charge in [-0.25, -0.2) is 0 Å². The van der Waals surface area contributed by atoms with Crippen molar-refractivity contribution in [2.45, 2.75) is 19.0 Å². The fourth-order valence-corrected chi connectivity index (χ4v) is 2.85. The van der Waals surface area contributed by atoms with Crippen LogP contribution < -0.4 is 10.6 Å². The molecule has 1 fully saturated rings. The summed E-state index contributed by atoms with van der Waals surface area (Å²) in [6.45, 7) is 2.02. The Labute approximate surface area is 133 Å². The van der Waals surface area contributed by atoms with E-state index >= 15 is 0 Å². The Morgan fingerprint density at radius 2 is 1.71 bits per heavy atom. The molecule has 2 aromatic carbocycles. The molecule has 1 heterocycles. The first-order chi connectivity index (χ1) is 9.99. The van der Waals surface area contributed by atoms with Crippen molar-refractivity contribution in [1.82, 2.24) is 0 Å². The molecule has 0 aromatic heterocycles. The Morgan fingerprint density at radius 3 is 2.33 bits per heavy atom. The van der Waals surface area contributed by atoms with Gasteiger partial charge < -0.3 is 10.6 Å². The SMILES string of the molecule is Cc1ccc([C@H]2[C@H](N)C(=O)N2c2ccc(Cl)c(Cl)c2)cc1. The maximum absolute atomic E-state index is 12.1. The van der Waals surface area contributed by atoms with Crippen LogP contribution >= 0.6 is 23.2 Å². The highest BCUT2D eigenvalue weighted by Gasteiger charge is 2.46. The van der Waals surface area contributed by atoms with E-state index < -0.39 is 6.04 Å². The van der Waals surface area contributed by atoms with Crippen molar-refractivity contribution in [3.05, 3.63) is 63.6 Å². The smallest absolute Gasteiger partial charge is 0.247 e. The van der Waals surface area contributed by atoms with Gasteiger partial charge in [0.25, 0.3) is 0 Å². The first kappa shape index (κ1) is 14.4. The molecule has 3 nitrogen and oxygen atoms in total. The lowest BCUT2D eigenvalue weighted by Gasteiger charge is -2.45. The highest BCUT2D eigenvalue weighted by molar-refractivity contribution is 6.42. The van der Waals surface area contributed by atoms with Crippen molar-refractivity contribution >= 4 is 34.8 Å². The molecule has 2 N–H and O–H groups in total. The largest absolute Gasteiger partial charge is 0.318 e. The molecular formula is C16H14Cl2N2O. The number of β-lactam (4-membered cyclic amide) rings is 1. The number of hydrogen-bond donors (Lipinski definition) is 1. The highest BCUT2D eigenvalue weighted by Crippen LogP contribution is 2.40. The van der Waals surface area contributed by atoms with Gasteiger partial charge in [-0.05, 0) is 30.7 Å². The number of hydrogen-bond acceptors (Lipinski definition) is 2. The molecule has 21 heavy (non-hydrogen) atoms. The zero-order chi connectivity index (χ0) is 15.1. The molecule has 0 spiro atoms. The number of amides is 1. The highest BCUT2D eigenvalue weighted by atomic mass is 35.5. The summed E-state index contributed by atoms with van der Waals surface area (Å²) < 4.78 is 0. The van der Waals surface area contributed by atoms with E-state index in [2.05, 4.69) is 0 Å². The average Bonchev–Trinajstić information content (AvgIpc) is 2.48. The Hall–Kier alpha value is -1.55. The third-order valence-corrected chi connectivity index (χ3v) is 4.48. The van der Waals surface area contributed by atoms with Gasteiger partial charge in [-0.1, -0.05) is 53.0 Å². The number of nitrogens with two attached hydrogens (primary N) is 1. The van der Waals surface area contributed by atoms with Gasteiger partial charge >= 0.3 is 0 Å². The minimum absolute atomic E-state index is 0.112. The zero-order valence-corrected chi connectivity index (χ0v) is 12.9. The molecule has 1 aliphatic rings. The Kier molecular flexibility index (Phi) is 3.66. The van der Waals surface area contributed by atoms with Crippen LogP contribution in [0.3, 0.4) is 0 Å². The van der Waals surface area contributed by atoms with E-state index in [1.54, 1.807) is 23.1 Å². The van der Waals surface area contributed by atoms with Crippen LogP contribution in [0, 0.1) is 6.92 Å². The van der Waals surface area contributed by atoms with Crippen molar-refractivity contribution in [1.29, 1.82) is 0 Å². The van der Waals surface area contributed by atoms with Crippen LogP contribution in [0.2, 0.25) is 10.0 Å². The number of anilines is 1. The molecule has 1 amide bonds. The number of nitrogens with zero attached hydrogens (tertiary/aromatic N) is 1. The molecule has 0 radical (unpaired) electrons. The minimum Gasteiger partial charge on any atom is -0.318 e. The number of benzene rings is 2. The van der Waals surface area contributed by atoms with Crippen molar-refractivity contribution in [3.8, 4) is 0 Å². The molecule has 2 aromatic rings. The van der Waals surface area contributed by atoms with Gasteiger partial charge in [-0.3, -0.25) is 4.79 Å². The third kappa shape index (κ3) is 2.42. The summed E-state index contributed by atoms with van der Waals surface area (Å²) in [6.07, 6.45) is 0. The summed E-state index contributed by atoms with van der Waals surface area (Å²) >= 11 is 12.0. The van der Waals surface area contributed by atoms with Gasteiger partial charge in [0.05, 0.1) is 16.1 Å². The lowest BCUT2D eigenvalue weighted by atomic mass is 9.88. The van der Waals surface area contributed by atoms with E-state index in [0.717, 1.165) is 5.56 Å². The molecule has 0 aliphatic carbocycles. The van der Waals surface area contributed by atoms with Gasteiger partial charge in [0.15, 0.2) is 0 Å². The summed E-state index contributed by atoms with van der Waals surface area (Å²) in [5.41, 5.74) is 8.87. The minimum atomic E-state index is -0.526. The number of carbonyl (C=O) groups is 1. The average molecular weight is 321 g/mol.